The molecule has 1 aromatic heterocycles. The minimum atomic E-state index is 0.114. The van der Waals surface area contributed by atoms with Crippen molar-refractivity contribution in [2.24, 2.45) is 0 Å². The topological polar surface area (TPSA) is 17.8 Å². The number of alkyl halides is 1. The van der Waals surface area contributed by atoms with E-state index in [1.165, 1.54) is 0 Å². The predicted molar refractivity (Wildman–Crippen MR) is 59.5 cm³/mol. The fraction of sp³-hybridized carbons (Fsp3) is 0.667. The zero-order valence-electron chi connectivity index (χ0n) is 8.03. The fourth-order valence-corrected chi connectivity index (χ4v) is 1.57. The summed E-state index contributed by atoms with van der Waals surface area (Å²) >= 11 is 7.91. The maximum atomic E-state index is 6.08. The van der Waals surface area contributed by atoms with Crippen LogP contribution >= 0.6 is 23.4 Å². The molecule has 74 valence electrons. The molecule has 0 aliphatic heterocycles. The zero-order chi connectivity index (χ0) is 9.68. The number of aromatic nitrogens is 2. The van der Waals surface area contributed by atoms with Gasteiger partial charge in [0.1, 0.15) is 0 Å². The van der Waals surface area contributed by atoms with Crippen LogP contribution in [0.2, 0.25) is 0 Å². The highest BCUT2D eigenvalue weighted by Gasteiger charge is 2.07. The van der Waals surface area contributed by atoms with Crippen LogP contribution < -0.4 is 0 Å². The van der Waals surface area contributed by atoms with Gasteiger partial charge < -0.3 is 0 Å². The summed E-state index contributed by atoms with van der Waals surface area (Å²) in [6.07, 6.45) is 6.95. The molecule has 0 amide bonds. The van der Waals surface area contributed by atoms with E-state index in [0.717, 1.165) is 24.3 Å². The number of aryl methyl sites for hydroxylation is 1. The van der Waals surface area contributed by atoms with E-state index in [4.69, 9.17) is 11.6 Å². The van der Waals surface area contributed by atoms with E-state index in [9.17, 15) is 0 Å². The van der Waals surface area contributed by atoms with Gasteiger partial charge in [-0.1, -0.05) is 6.92 Å². The molecule has 0 bridgehead atoms. The van der Waals surface area contributed by atoms with Gasteiger partial charge in [-0.05, 0) is 12.7 Å². The summed E-state index contributed by atoms with van der Waals surface area (Å²) in [6.45, 7) is 3.05. The summed E-state index contributed by atoms with van der Waals surface area (Å²) < 4.78 is 1.96. The largest absolute Gasteiger partial charge is 0.272 e. The van der Waals surface area contributed by atoms with Gasteiger partial charge >= 0.3 is 0 Å². The Bertz CT molecular complexity index is 250. The van der Waals surface area contributed by atoms with E-state index in [0.29, 0.717) is 0 Å². The maximum Gasteiger partial charge on any atom is 0.0613 e. The minimum absolute atomic E-state index is 0.114. The third-order valence-electron chi connectivity index (χ3n) is 1.90. The van der Waals surface area contributed by atoms with Crippen molar-refractivity contribution in [2.75, 3.05) is 12.0 Å². The van der Waals surface area contributed by atoms with Crippen LogP contribution in [-0.4, -0.2) is 21.8 Å². The van der Waals surface area contributed by atoms with Crippen LogP contribution in [-0.2, 0) is 6.54 Å². The Balaban J connectivity index is 2.53. The highest BCUT2D eigenvalue weighted by atomic mass is 35.5. The van der Waals surface area contributed by atoms with Gasteiger partial charge in [-0.25, -0.2) is 0 Å². The van der Waals surface area contributed by atoms with Gasteiger partial charge in [-0.3, -0.25) is 4.68 Å². The molecule has 0 radical (unpaired) electrons. The van der Waals surface area contributed by atoms with Crippen molar-refractivity contribution < 1.29 is 0 Å². The summed E-state index contributed by atoms with van der Waals surface area (Å²) in [6, 6.07) is 0. The van der Waals surface area contributed by atoms with E-state index >= 15 is 0 Å². The van der Waals surface area contributed by atoms with Crippen LogP contribution in [0.1, 0.15) is 24.3 Å². The second-order valence-corrected chi connectivity index (χ2v) is 4.42. The van der Waals surface area contributed by atoms with Crippen molar-refractivity contribution in [3.63, 3.8) is 0 Å². The molecular weight excluding hydrogens is 204 g/mol. The van der Waals surface area contributed by atoms with Gasteiger partial charge in [0.2, 0.25) is 0 Å². The molecule has 1 heterocycles. The van der Waals surface area contributed by atoms with Gasteiger partial charge in [0.25, 0.3) is 0 Å². The molecule has 2 nitrogen and oxygen atoms in total. The van der Waals surface area contributed by atoms with Gasteiger partial charge in [0.05, 0.1) is 11.6 Å². The summed E-state index contributed by atoms with van der Waals surface area (Å²) in [4.78, 5) is 0. The molecule has 4 heteroatoms. The van der Waals surface area contributed by atoms with E-state index in [1.807, 2.05) is 28.8 Å². The van der Waals surface area contributed by atoms with Gasteiger partial charge in [0.15, 0.2) is 0 Å². The lowest BCUT2D eigenvalue weighted by atomic mass is 10.2. The lowest BCUT2D eigenvalue weighted by Gasteiger charge is -2.01. The number of hydrogen-bond donors (Lipinski definition) is 0. The van der Waals surface area contributed by atoms with Crippen LogP contribution in [0.3, 0.4) is 0 Å². The first kappa shape index (κ1) is 10.9. The summed E-state index contributed by atoms with van der Waals surface area (Å²) in [7, 11) is 0. The Kier molecular flexibility index (Phi) is 4.67. The van der Waals surface area contributed by atoms with Crippen molar-refractivity contribution in [2.45, 2.75) is 25.3 Å². The highest BCUT2D eigenvalue weighted by molar-refractivity contribution is 7.98. The van der Waals surface area contributed by atoms with Crippen LogP contribution in [0.5, 0.6) is 0 Å². The summed E-state index contributed by atoms with van der Waals surface area (Å²) in [5.41, 5.74) is 1.13. The van der Waals surface area contributed by atoms with Crippen molar-refractivity contribution in [1.29, 1.82) is 0 Å². The second kappa shape index (κ2) is 5.55. The first-order valence-corrected chi connectivity index (χ1v) is 6.26. The molecule has 1 rings (SSSR count). The molecule has 0 aliphatic rings. The molecule has 0 fully saturated rings. The van der Waals surface area contributed by atoms with Gasteiger partial charge in [-0.15, -0.1) is 11.6 Å². The molecule has 0 spiro atoms. The normalized spacial score (nSPS) is 13.2. The third kappa shape index (κ3) is 3.24. The molecule has 0 aromatic carbocycles. The number of rotatable bonds is 5. The molecule has 0 aliphatic carbocycles. The standard InChI is InChI=1S/C9H15ClN2S/c1-3-9(10)8-6-11-12(7-8)4-5-13-2/h6-7,9H,3-5H2,1-2H3. The molecule has 1 unspecified atom stereocenters. The van der Waals surface area contributed by atoms with Crippen molar-refractivity contribution in [3.8, 4) is 0 Å². The average molecular weight is 219 g/mol. The Morgan fingerprint density at radius 1 is 1.69 bits per heavy atom. The van der Waals surface area contributed by atoms with Gasteiger partial charge in [-0.2, -0.15) is 16.9 Å². The van der Waals surface area contributed by atoms with Crippen LogP contribution in [0.15, 0.2) is 12.4 Å². The number of halogens is 1. The van der Waals surface area contributed by atoms with E-state index in [1.54, 1.807) is 0 Å². The Morgan fingerprint density at radius 2 is 2.46 bits per heavy atom. The summed E-state index contributed by atoms with van der Waals surface area (Å²) in [5.74, 6) is 1.10. The van der Waals surface area contributed by atoms with Crippen LogP contribution in [0, 0.1) is 0 Å². The average Bonchev–Trinajstić information content (AvgIpc) is 2.62. The smallest absolute Gasteiger partial charge is 0.0613 e. The molecule has 13 heavy (non-hydrogen) atoms. The second-order valence-electron chi connectivity index (χ2n) is 2.91. The van der Waals surface area contributed by atoms with E-state index in [-0.39, 0.29) is 5.38 Å². The Labute approximate surface area is 88.7 Å². The third-order valence-corrected chi connectivity index (χ3v) is 3.05. The summed E-state index contributed by atoms with van der Waals surface area (Å²) in [5, 5.41) is 4.36. The lowest BCUT2D eigenvalue weighted by Crippen LogP contribution is -1.99. The van der Waals surface area contributed by atoms with Crippen molar-refractivity contribution >= 4 is 23.4 Å². The quantitative estimate of drug-likeness (QED) is 0.708. The number of hydrogen-bond acceptors (Lipinski definition) is 2. The van der Waals surface area contributed by atoms with Crippen LogP contribution in [0.4, 0.5) is 0 Å². The number of nitrogens with zero attached hydrogens (tertiary/aromatic N) is 2. The SMILES string of the molecule is CCC(Cl)c1cnn(CCSC)c1. The first-order chi connectivity index (χ1) is 6.27. The number of thioether (sulfide) groups is 1. The maximum absolute atomic E-state index is 6.08. The molecule has 1 aromatic rings. The van der Waals surface area contributed by atoms with Gasteiger partial charge in [0, 0.05) is 24.1 Å². The molecule has 0 saturated carbocycles. The van der Waals surface area contributed by atoms with Crippen LogP contribution in [0.25, 0.3) is 0 Å². The Hall–Kier alpha value is -0.150. The predicted octanol–water partition coefficient (Wildman–Crippen LogP) is 2.94. The van der Waals surface area contributed by atoms with E-state index < -0.39 is 0 Å². The highest BCUT2D eigenvalue weighted by Crippen LogP contribution is 2.22. The zero-order valence-corrected chi connectivity index (χ0v) is 9.61. The molecule has 0 N–H and O–H groups in total. The monoisotopic (exact) mass is 218 g/mol. The molecule has 1 atom stereocenters. The molecular formula is C9H15ClN2S. The minimum Gasteiger partial charge on any atom is -0.272 e. The van der Waals surface area contributed by atoms with Crippen molar-refractivity contribution in [3.05, 3.63) is 18.0 Å². The lowest BCUT2D eigenvalue weighted by molar-refractivity contribution is 0.665. The first-order valence-electron chi connectivity index (χ1n) is 4.43. The molecule has 0 saturated heterocycles. The van der Waals surface area contributed by atoms with E-state index in [2.05, 4.69) is 18.3 Å². The van der Waals surface area contributed by atoms with Crippen molar-refractivity contribution in [1.82, 2.24) is 9.78 Å². The fourth-order valence-electron chi connectivity index (χ4n) is 1.08. The Morgan fingerprint density at radius 3 is 3.08 bits per heavy atom.